The predicted molar refractivity (Wildman–Crippen MR) is 123 cm³/mol. The minimum atomic E-state index is -3.58. The molecule has 4 rings (SSSR count). The SMILES string of the molecule is CS(=O)(=O)Nc1cc2occ(C=Cc3ccccc3)c(=O)c2cc1Oc1ccccc1. The van der Waals surface area contributed by atoms with Crippen molar-refractivity contribution >= 4 is 38.8 Å². The van der Waals surface area contributed by atoms with E-state index in [1.807, 2.05) is 42.5 Å². The highest BCUT2D eigenvalue weighted by Crippen LogP contribution is 2.33. The summed E-state index contributed by atoms with van der Waals surface area (Å²) in [7, 11) is -3.58. The van der Waals surface area contributed by atoms with Crippen LogP contribution in [0.2, 0.25) is 0 Å². The molecule has 1 N–H and O–H groups in total. The van der Waals surface area contributed by atoms with Crippen LogP contribution in [-0.2, 0) is 10.0 Å². The molecule has 0 atom stereocenters. The molecule has 0 fully saturated rings. The summed E-state index contributed by atoms with van der Waals surface area (Å²) >= 11 is 0. The minimum absolute atomic E-state index is 0.176. The molecule has 6 nitrogen and oxygen atoms in total. The highest BCUT2D eigenvalue weighted by molar-refractivity contribution is 7.92. The van der Waals surface area contributed by atoms with E-state index in [-0.39, 0.29) is 27.8 Å². The smallest absolute Gasteiger partial charge is 0.229 e. The third kappa shape index (κ3) is 5.02. The Labute approximate surface area is 179 Å². The third-order valence-corrected chi connectivity index (χ3v) is 5.01. The van der Waals surface area contributed by atoms with Gasteiger partial charge in [0, 0.05) is 6.07 Å². The van der Waals surface area contributed by atoms with Crippen molar-refractivity contribution in [3.63, 3.8) is 0 Å². The molecule has 0 aliphatic carbocycles. The van der Waals surface area contributed by atoms with Gasteiger partial charge in [-0.15, -0.1) is 0 Å². The quantitative estimate of drug-likeness (QED) is 0.456. The van der Waals surface area contributed by atoms with Crippen LogP contribution < -0.4 is 14.9 Å². The van der Waals surface area contributed by atoms with Crippen LogP contribution in [0.5, 0.6) is 11.5 Å². The summed E-state index contributed by atoms with van der Waals surface area (Å²) in [5.74, 6) is 0.698. The van der Waals surface area contributed by atoms with E-state index < -0.39 is 10.0 Å². The van der Waals surface area contributed by atoms with Gasteiger partial charge in [0.05, 0.1) is 22.9 Å². The molecule has 0 saturated carbocycles. The van der Waals surface area contributed by atoms with Gasteiger partial charge in [-0.05, 0) is 29.8 Å². The fourth-order valence-corrected chi connectivity index (χ4v) is 3.57. The highest BCUT2D eigenvalue weighted by Gasteiger charge is 2.15. The Bertz CT molecular complexity index is 1410. The number of anilines is 1. The van der Waals surface area contributed by atoms with E-state index in [1.54, 1.807) is 30.3 Å². The first-order valence-electron chi connectivity index (χ1n) is 9.42. The van der Waals surface area contributed by atoms with E-state index in [2.05, 4.69) is 4.72 Å². The second-order valence-corrected chi connectivity index (χ2v) is 8.65. The second-order valence-electron chi connectivity index (χ2n) is 6.90. The van der Waals surface area contributed by atoms with E-state index in [0.29, 0.717) is 11.3 Å². The number of hydrogen-bond acceptors (Lipinski definition) is 5. The number of rotatable bonds is 6. The Morgan fingerprint density at radius 3 is 2.29 bits per heavy atom. The van der Waals surface area contributed by atoms with Crippen LogP contribution in [0, 0.1) is 0 Å². The van der Waals surface area contributed by atoms with Crippen molar-refractivity contribution in [1.29, 1.82) is 0 Å². The summed E-state index contributed by atoms with van der Waals surface area (Å²) in [6.45, 7) is 0. The molecule has 3 aromatic carbocycles. The zero-order chi connectivity index (χ0) is 21.8. The Kier molecular flexibility index (Phi) is 5.60. The lowest BCUT2D eigenvalue weighted by atomic mass is 10.1. The fourth-order valence-electron chi connectivity index (χ4n) is 3.02. The number of nitrogens with one attached hydrogen (secondary N) is 1. The Hall–Kier alpha value is -3.84. The third-order valence-electron chi connectivity index (χ3n) is 4.42. The van der Waals surface area contributed by atoms with Gasteiger partial charge in [-0.2, -0.15) is 0 Å². The lowest BCUT2D eigenvalue weighted by Gasteiger charge is -2.13. The number of fused-ring (bicyclic) bond motifs is 1. The first-order valence-corrected chi connectivity index (χ1v) is 11.3. The fraction of sp³-hybridized carbons (Fsp3) is 0.0417. The van der Waals surface area contributed by atoms with Gasteiger partial charge in [0.15, 0.2) is 11.2 Å². The topological polar surface area (TPSA) is 85.6 Å². The Morgan fingerprint density at radius 1 is 0.935 bits per heavy atom. The van der Waals surface area contributed by atoms with Gasteiger partial charge < -0.3 is 9.15 Å². The van der Waals surface area contributed by atoms with Gasteiger partial charge in [0.1, 0.15) is 17.6 Å². The summed E-state index contributed by atoms with van der Waals surface area (Å²) in [6, 6.07) is 21.4. The van der Waals surface area contributed by atoms with Crippen LogP contribution in [0.25, 0.3) is 23.1 Å². The van der Waals surface area contributed by atoms with E-state index >= 15 is 0 Å². The van der Waals surface area contributed by atoms with Gasteiger partial charge >= 0.3 is 0 Å². The monoisotopic (exact) mass is 433 g/mol. The molecule has 1 heterocycles. The van der Waals surface area contributed by atoms with Crippen molar-refractivity contribution in [2.45, 2.75) is 0 Å². The number of ether oxygens (including phenoxy) is 1. The zero-order valence-corrected chi connectivity index (χ0v) is 17.4. The van der Waals surface area contributed by atoms with Gasteiger partial charge in [0.25, 0.3) is 0 Å². The molecule has 156 valence electrons. The van der Waals surface area contributed by atoms with Crippen molar-refractivity contribution in [2.75, 3.05) is 11.0 Å². The second kappa shape index (κ2) is 8.49. The molecule has 4 aromatic rings. The van der Waals surface area contributed by atoms with Crippen LogP contribution >= 0.6 is 0 Å². The van der Waals surface area contributed by atoms with Crippen molar-refractivity contribution in [2.24, 2.45) is 0 Å². The van der Waals surface area contributed by atoms with E-state index in [4.69, 9.17) is 9.15 Å². The van der Waals surface area contributed by atoms with Gasteiger partial charge in [-0.3, -0.25) is 9.52 Å². The summed E-state index contributed by atoms with van der Waals surface area (Å²) in [6.07, 6.45) is 5.89. The predicted octanol–water partition coefficient (Wildman–Crippen LogP) is 5.13. The molecule has 0 amide bonds. The largest absolute Gasteiger partial charge is 0.463 e. The summed E-state index contributed by atoms with van der Waals surface area (Å²) in [5.41, 5.74) is 1.48. The molecule has 0 aliphatic heterocycles. The van der Waals surface area contributed by atoms with Crippen molar-refractivity contribution in [3.8, 4) is 11.5 Å². The lowest BCUT2D eigenvalue weighted by Crippen LogP contribution is -2.11. The number of hydrogen-bond donors (Lipinski definition) is 1. The normalized spacial score (nSPS) is 11.6. The highest BCUT2D eigenvalue weighted by atomic mass is 32.2. The summed E-state index contributed by atoms with van der Waals surface area (Å²) in [5, 5.41) is 0.278. The molecule has 0 saturated heterocycles. The van der Waals surface area contributed by atoms with Crippen LogP contribution in [0.3, 0.4) is 0 Å². The average Bonchev–Trinajstić information content (AvgIpc) is 2.75. The maximum atomic E-state index is 13.0. The summed E-state index contributed by atoms with van der Waals surface area (Å²) in [4.78, 5) is 13.0. The number of benzene rings is 3. The molecule has 0 spiro atoms. The van der Waals surface area contributed by atoms with Crippen molar-refractivity contribution in [3.05, 3.63) is 100 Å². The molecule has 31 heavy (non-hydrogen) atoms. The molecule has 0 unspecified atom stereocenters. The van der Waals surface area contributed by atoms with Crippen molar-refractivity contribution < 1.29 is 17.6 Å². The van der Waals surface area contributed by atoms with Crippen LogP contribution in [0.1, 0.15) is 11.1 Å². The number of sulfonamides is 1. The van der Waals surface area contributed by atoms with Gasteiger partial charge in [-0.25, -0.2) is 8.42 Å². The molecule has 0 aliphatic rings. The Morgan fingerprint density at radius 2 is 1.61 bits per heavy atom. The van der Waals surface area contributed by atoms with Crippen LogP contribution in [0.4, 0.5) is 5.69 Å². The first kappa shape index (κ1) is 20.4. The molecule has 0 bridgehead atoms. The molecule has 7 heteroatoms. The minimum Gasteiger partial charge on any atom is -0.463 e. The van der Waals surface area contributed by atoms with E-state index in [0.717, 1.165) is 11.8 Å². The number of para-hydroxylation sites is 1. The average molecular weight is 433 g/mol. The van der Waals surface area contributed by atoms with Crippen molar-refractivity contribution in [1.82, 2.24) is 0 Å². The molecule has 1 aromatic heterocycles. The molecule has 0 radical (unpaired) electrons. The standard InChI is InChI=1S/C24H19NO5S/c1-31(27,28)25-21-15-22-20(14-23(21)30-19-10-6-3-7-11-19)24(26)18(16-29-22)13-12-17-8-4-2-5-9-17/h2-16,25H,1H3. The zero-order valence-electron chi connectivity index (χ0n) is 16.6. The maximum Gasteiger partial charge on any atom is 0.229 e. The Balaban J connectivity index is 1.81. The summed E-state index contributed by atoms with van der Waals surface area (Å²) < 4.78 is 37.5. The first-order chi connectivity index (χ1) is 14.9. The lowest BCUT2D eigenvalue weighted by molar-refractivity contribution is 0.485. The van der Waals surface area contributed by atoms with Gasteiger partial charge in [0.2, 0.25) is 10.0 Å². The van der Waals surface area contributed by atoms with Crippen LogP contribution in [-0.4, -0.2) is 14.7 Å². The maximum absolute atomic E-state index is 13.0. The van der Waals surface area contributed by atoms with E-state index in [9.17, 15) is 13.2 Å². The molecular formula is C24H19NO5S. The molecular weight excluding hydrogens is 414 g/mol. The van der Waals surface area contributed by atoms with Gasteiger partial charge in [-0.1, -0.05) is 54.6 Å². The van der Waals surface area contributed by atoms with E-state index in [1.165, 1.54) is 18.4 Å². The van der Waals surface area contributed by atoms with Crippen LogP contribution in [0.15, 0.2) is 88.3 Å².